The number of unbranched alkanes of at least 4 members (excludes halogenated alkanes) is 2. The molecular formula is C10H20O2. The van der Waals surface area contributed by atoms with Crippen molar-refractivity contribution in [1.29, 1.82) is 0 Å². The third-order valence-corrected chi connectivity index (χ3v) is 1.63. The van der Waals surface area contributed by atoms with Crippen LogP contribution in [0.1, 0.15) is 46.5 Å². The van der Waals surface area contributed by atoms with Gasteiger partial charge in [0.05, 0.1) is 6.61 Å². The zero-order valence-corrected chi connectivity index (χ0v) is 8.43. The lowest BCUT2D eigenvalue weighted by Crippen LogP contribution is -1.94. The smallest absolute Gasteiger partial charge is 0.138 e. The van der Waals surface area contributed by atoms with Crippen LogP contribution >= 0.6 is 0 Å². The van der Waals surface area contributed by atoms with E-state index >= 15 is 0 Å². The minimum absolute atomic E-state index is 0.602. The molecule has 0 aromatic heterocycles. The molecule has 0 aliphatic carbocycles. The van der Waals surface area contributed by atoms with Crippen molar-refractivity contribution in [2.45, 2.75) is 46.5 Å². The Kier molecular flexibility index (Phi) is 8.24. The topological polar surface area (TPSA) is 18.5 Å². The Morgan fingerprint density at radius 3 is 2.50 bits per heavy atom. The minimum atomic E-state index is 0.602. The van der Waals surface area contributed by atoms with Crippen LogP contribution in [0.3, 0.4) is 0 Å². The first-order valence-corrected chi connectivity index (χ1v) is 4.79. The highest BCUT2D eigenvalue weighted by Gasteiger charge is 1.97. The van der Waals surface area contributed by atoms with E-state index in [0.717, 1.165) is 12.2 Å². The highest BCUT2D eigenvalue weighted by atomic mass is 17.2. The van der Waals surface area contributed by atoms with Crippen molar-refractivity contribution in [3.05, 3.63) is 11.8 Å². The van der Waals surface area contributed by atoms with Crippen molar-refractivity contribution < 1.29 is 9.78 Å². The summed E-state index contributed by atoms with van der Waals surface area (Å²) in [5, 5.41) is 0. The highest BCUT2D eigenvalue weighted by Crippen LogP contribution is 2.10. The molecule has 0 amide bonds. The monoisotopic (exact) mass is 172 g/mol. The fourth-order valence-corrected chi connectivity index (χ4v) is 0.918. The fourth-order valence-electron chi connectivity index (χ4n) is 0.918. The summed E-state index contributed by atoms with van der Waals surface area (Å²) in [6.45, 7) is 6.68. The Morgan fingerprint density at radius 1 is 1.25 bits per heavy atom. The molecule has 0 saturated heterocycles. The maximum Gasteiger partial charge on any atom is 0.138 e. The van der Waals surface area contributed by atoms with Gasteiger partial charge >= 0.3 is 0 Å². The molecule has 0 atom stereocenters. The zero-order valence-electron chi connectivity index (χ0n) is 8.43. The molecule has 0 unspecified atom stereocenters. The normalized spacial score (nSPS) is 11.8. The van der Waals surface area contributed by atoms with Gasteiger partial charge in [-0.25, -0.2) is 0 Å². The van der Waals surface area contributed by atoms with Crippen LogP contribution in [0.25, 0.3) is 0 Å². The lowest BCUT2D eigenvalue weighted by atomic mass is 10.2. The molecule has 0 aliphatic heterocycles. The molecule has 72 valence electrons. The summed E-state index contributed by atoms with van der Waals surface area (Å²) in [6.07, 6.45) is 6.64. The predicted octanol–water partition coefficient (Wildman–Crippen LogP) is 3.44. The zero-order chi connectivity index (χ0) is 9.23. The Hall–Kier alpha value is -0.500. The Balaban J connectivity index is 3.41. The van der Waals surface area contributed by atoms with Gasteiger partial charge in [0.25, 0.3) is 0 Å². The van der Waals surface area contributed by atoms with Gasteiger partial charge in [-0.15, -0.1) is 0 Å². The van der Waals surface area contributed by atoms with Crippen LogP contribution in [-0.4, -0.2) is 6.61 Å². The average molecular weight is 172 g/mol. The first-order valence-electron chi connectivity index (χ1n) is 4.79. The number of hydrogen-bond donors (Lipinski definition) is 0. The second kappa shape index (κ2) is 8.60. The van der Waals surface area contributed by atoms with Gasteiger partial charge in [-0.2, -0.15) is 4.89 Å². The van der Waals surface area contributed by atoms with Crippen LogP contribution in [0.4, 0.5) is 0 Å². The maximum absolute atomic E-state index is 5.05. The molecule has 0 fully saturated rings. The van der Waals surface area contributed by atoms with Gasteiger partial charge in [0, 0.05) is 6.42 Å². The molecule has 0 N–H and O–H groups in total. The summed E-state index contributed by atoms with van der Waals surface area (Å²) in [6, 6.07) is 0. The first kappa shape index (κ1) is 11.5. The van der Waals surface area contributed by atoms with E-state index in [9.17, 15) is 0 Å². The lowest BCUT2D eigenvalue weighted by molar-refractivity contribution is -0.260. The lowest BCUT2D eigenvalue weighted by Gasteiger charge is -2.06. The predicted molar refractivity (Wildman–Crippen MR) is 50.6 cm³/mol. The molecule has 0 rings (SSSR count). The van der Waals surface area contributed by atoms with Crippen molar-refractivity contribution in [2.24, 2.45) is 0 Å². The molecule has 0 bridgehead atoms. The van der Waals surface area contributed by atoms with Crippen molar-refractivity contribution in [1.82, 2.24) is 0 Å². The van der Waals surface area contributed by atoms with Crippen molar-refractivity contribution in [3.63, 3.8) is 0 Å². The third-order valence-electron chi connectivity index (χ3n) is 1.63. The van der Waals surface area contributed by atoms with E-state index in [1.54, 1.807) is 0 Å². The maximum atomic E-state index is 5.05. The Bertz CT molecular complexity index is 119. The molecule has 0 heterocycles. The molecule has 0 saturated carbocycles. The van der Waals surface area contributed by atoms with Crippen molar-refractivity contribution >= 4 is 0 Å². The largest absolute Gasteiger partial charge is 0.342 e. The third kappa shape index (κ3) is 6.23. The highest BCUT2D eigenvalue weighted by molar-refractivity contribution is 4.88. The summed E-state index contributed by atoms with van der Waals surface area (Å²) in [4.78, 5) is 9.90. The van der Waals surface area contributed by atoms with E-state index in [0.29, 0.717) is 6.61 Å². The average Bonchev–Trinajstić information content (AvgIpc) is 2.11. The Labute approximate surface area is 75.5 Å². The van der Waals surface area contributed by atoms with E-state index in [1.807, 2.05) is 19.9 Å². The van der Waals surface area contributed by atoms with Crippen LogP contribution in [0, 0.1) is 0 Å². The molecule has 2 nitrogen and oxygen atoms in total. The van der Waals surface area contributed by atoms with E-state index in [4.69, 9.17) is 9.78 Å². The van der Waals surface area contributed by atoms with Crippen molar-refractivity contribution in [2.75, 3.05) is 6.61 Å². The van der Waals surface area contributed by atoms with Gasteiger partial charge in [0.1, 0.15) is 5.76 Å². The summed E-state index contributed by atoms with van der Waals surface area (Å²) in [7, 11) is 0. The quantitative estimate of drug-likeness (QED) is 0.253. The summed E-state index contributed by atoms with van der Waals surface area (Å²) in [5.41, 5.74) is 0. The summed E-state index contributed by atoms with van der Waals surface area (Å²) in [5.74, 6) is 0.949. The van der Waals surface area contributed by atoms with Crippen LogP contribution in [-0.2, 0) is 9.78 Å². The SMILES string of the molecule is C/C=C(/CCCCC)OOCC. The molecule has 0 aliphatic rings. The molecule has 0 aromatic rings. The van der Waals surface area contributed by atoms with Crippen LogP contribution in [0.2, 0.25) is 0 Å². The van der Waals surface area contributed by atoms with E-state index in [2.05, 4.69) is 6.92 Å². The number of hydrogen-bond acceptors (Lipinski definition) is 2. The van der Waals surface area contributed by atoms with Gasteiger partial charge < -0.3 is 4.89 Å². The van der Waals surface area contributed by atoms with E-state index < -0.39 is 0 Å². The fraction of sp³-hybridized carbons (Fsp3) is 0.800. The second-order valence-corrected chi connectivity index (χ2v) is 2.70. The second-order valence-electron chi connectivity index (χ2n) is 2.70. The molecule has 0 radical (unpaired) electrons. The summed E-state index contributed by atoms with van der Waals surface area (Å²) >= 11 is 0. The number of allylic oxidation sites excluding steroid dienone is 2. The summed E-state index contributed by atoms with van der Waals surface area (Å²) < 4.78 is 0. The van der Waals surface area contributed by atoms with Gasteiger partial charge in [-0.05, 0) is 26.3 Å². The van der Waals surface area contributed by atoms with Gasteiger partial charge in [0.2, 0.25) is 0 Å². The van der Waals surface area contributed by atoms with Crippen molar-refractivity contribution in [3.8, 4) is 0 Å². The molecule has 0 spiro atoms. The minimum Gasteiger partial charge on any atom is -0.342 e. The molecule has 2 heteroatoms. The molecule has 0 aromatic carbocycles. The van der Waals surface area contributed by atoms with Crippen LogP contribution < -0.4 is 0 Å². The van der Waals surface area contributed by atoms with E-state index in [1.165, 1.54) is 19.3 Å². The molecular weight excluding hydrogens is 152 g/mol. The van der Waals surface area contributed by atoms with Gasteiger partial charge in [-0.3, -0.25) is 0 Å². The number of rotatable bonds is 7. The van der Waals surface area contributed by atoms with Crippen LogP contribution in [0.15, 0.2) is 11.8 Å². The standard InChI is InChI=1S/C10H20O2/c1-4-7-8-9-10(5-2)12-11-6-3/h5H,4,6-9H2,1-3H3/b10-5-. The van der Waals surface area contributed by atoms with Gasteiger partial charge in [0.15, 0.2) is 0 Å². The van der Waals surface area contributed by atoms with Gasteiger partial charge in [-0.1, -0.05) is 19.8 Å². The van der Waals surface area contributed by atoms with E-state index in [-0.39, 0.29) is 0 Å². The van der Waals surface area contributed by atoms with Crippen LogP contribution in [0.5, 0.6) is 0 Å². The Morgan fingerprint density at radius 2 is 2.00 bits per heavy atom. The first-order chi connectivity index (χ1) is 5.85. The molecule has 12 heavy (non-hydrogen) atoms.